The van der Waals surface area contributed by atoms with E-state index < -0.39 is 10.0 Å². The number of anilines is 1. The minimum absolute atomic E-state index is 0.211. The second-order valence-electron chi connectivity index (χ2n) is 5.26. The van der Waals surface area contributed by atoms with Gasteiger partial charge in [0.25, 0.3) is 0 Å². The van der Waals surface area contributed by atoms with E-state index in [0.29, 0.717) is 6.54 Å². The van der Waals surface area contributed by atoms with Crippen molar-refractivity contribution in [2.45, 2.75) is 19.9 Å². The van der Waals surface area contributed by atoms with Crippen molar-refractivity contribution < 1.29 is 8.42 Å². The molecule has 18 heavy (non-hydrogen) atoms. The Balaban J connectivity index is 2.07. The highest BCUT2D eigenvalue weighted by atomic mass is 32.2. The molecule has 98 valence electrons. The first-order valence-corrected chi connectivity index (χ1v) is 8.01. The van der Waals surface area contributed by atoms with Crippen molar-refractivity contribution in [1.29, 1.82) is 0 Å². The van der Waals surface area contributed by atoms with Crippen LogP contribution in [0, 0.1) is 5.92 Å². The van der Waals surface area contributed by atoms with Gasteiger partial charge in [0.1, 0.15) is 0 Å². The van der Waals surface area contributed by atoms with Gasteiger partial charge in [-0.1, -0.05) is 19.1 Å². The standard InChI is InChI=1S/C13H18N2O2S/c1-10-8-15(18(16,17)9-10)13-4-2-3-11-5-6-14-7-12(11)13/h2-4,10,14H,5-9H2,1H3. The first-order valence-electron chi connectivity index (χ1n) is 6.40. The smallest absolute Gasteiger partial charge is 0.235 e. The van der Waals surface area contributed by atoms with Crippen LogP contribution in [0.3, 0.4) is 0 Å². The van der Waals surface area contributed by atoms with E-state index in [-0.39, 0.29) is 11.7 Å². The fraction of sp³-hybridized carbons (Fsp3) is 0.538. The van der Waals surface area contributed by atoms with Crippen LogP contribution < -0.4 is 9.62 Å². The summed E-state index contributed by atoms with van der Waals surface area (Å²) in [7, 11) is -3.12. The number of fused-ring (bicyclic) bond motifs is 1. The van der Waals surface area contributed by atoms with Gasteiger partial charge in [-0.05, 0) is 36.1 Å². The van der Waals surface area contributed by atoms with Crippen LogP contribution in [0.2, 0.25) is 0 Å². The molecule has 4 nitrogen and oxygen atoms in total. The first kappa shape index (κ1) is 12.0. The zero-order valence-corrected chi connectivity index (χ0v) is 11.3. The molecule has 0 spiro atoms. The van der Waals surface area contributed by atoms with Crippen LogP contribution in [0.15, 0.2) is 18.2 Å². The molecule has 0 amide bonds. The highest BCUT2D eigenvalue weighted by Crippen LogP contribution is 2.32. The predicted molar refractivity (Wildman–Crippen MR) is 72.1 cm³/mol. The van der Waals surface area contributed by atoms with E-state index in [1.807, 2.05) is 19.1 Å². The summed E-state index contributed by atoms with van der Waals surface area (Å²) in [5.41, 5.74) is 3.31. The quantitative estimate of drug-likeness (QED) is 0.828. The average molecular weight is 266 g/mol. The summed E-state index contributed by atoms with van der Waals surface area (Å²) in [5.74, 6) is 0.479. The Hall–Kier alpha value is -1.07. The zero-order valence-electron chi connectivity index (χ0n) is 10.5. The molecule has 1 fully saturated rings. The molecule has 0 aliphatic carbocycles. The van der Waals surface area contributed by atoms with Gasteiger partial charge in [0.2, 0.25) is 10.0 Å². The third-order valence-corrected chi connectivity index (χ3v) is 5.71. The zero-order chi connectivity index (χ0) is 12.8. The Kier molecular flexibility index (Phi) is 2.83. The maximum Gasteiger partial charge on any atom is 0.235 e. The third-order valence-electron chi connectivity index (χ3n) is 3.70. The highest BCUT2D eigenvalue weighted by molar-refractivity contribution is 7.93. The Morgan fingerprint density at radius 3 is 2.94 bits per heavy atom. The Morgan fingerprint density at radius 1 is 1.39 bits per heavy atom. The van der Waals surface area contributed by atoms with Crippen molar-refractivity contribution in [2.24, 2.45) is 5.92 Å². The molecule has 1 unspecified atom stereocenters. The van der Waals surface area contributed by atoms with Crippen molar-refractivity contribution in [3.05, 3.63) is 29.3 Å². The Bertz CT molecular complexity index is 568. The fourth-order valence-electron chi connectivity index (χ4n) is 2.88. The molecule has 1 saturated heterocycles. The van der Waals surface area contributed by atoms with E-state index in [2.05, 4.69) is 11.4 Å². The van der Waals surface area contributed by atoms with Crippen molar-refractivity contribution in [2.75, 3.05) is 23.1 Å². The van der Waals surface area contributed by atoms with Crippen molar-refractivity contribution in [3.63, 3.8) is 0 Å². The van der Waals surface area contributed by atoms with Gasteiger partial charge in [0.05, 0.1) is 11.4 Å². The molecule has 1 aromatic rings. The van der Waals surface area contributed by atoms with Crippen LogP contribution >= 0.6 is 0 Å². The molecule has 1 aromatic carbocycles. The van der Waals surface area contributed by atoms with Gasteiger partial charge in [-0.25, -0.2) is 8.42 Å². The van der Waals surface area contributed by atoms with Crippen LogP contribution in [0.1, 0.15) is 18.1 Å². The summed E-state index contributed by atoms with van der Waals surface area (Å²) in [4.78, 5) is 0. The summed E-state index contributed by atoms with van der Waals surface area (Å²) in [5, 5.41) is 3.32. The maximum atomic E-state index is 12.2. The number of hydrogen-bond donors (Lipinski definition) is 1. The summed E-state index contributed by atoms with van der Waals surface area (Å²) in [6.45, 7) is 4.34. The largest absolute Gasteiger partial charge is 0.312 e. The summed E-state index contributed by atoms with van der Waals surface area (Å²) in [6, 6.07) is 6.01. The average Bonchev–Trinajstić information content (AvgIpc) is 2.61. The SMILES string of the molecule is CC1CN(c2cccc3c2CNCC3)S(=O)(=O)C1. The van der Waals surface area contributed by atoms with E-state index in [9.17, 15) is 8.42 Å². The van der Waals surface area contributed by atoms with Crippen LogP contribution in [-0.4, -0.2) is 27.3 Å². The van der Waals surface area contributed by atoms with Gasteiger partial charge >= 0.3 is 0 Å². The van der Waals surface area contributed by atoms with Crippen molar-refractivity contribution >= 4 is 15.7 Å². The minimum Gasteiger partial charge on any atom is -0.312 e. The molecule has 2 aliphatic heterocycles. The minimum atomic E-state index is -3.12. The van der Waals surface area contributed by atoms with E-state index in [4.69, 9.17) is 0 Å². The molecular weight excluding hydrogens is 248 g/mol. The van der Waals surface area contributed by atoms with Gasteiger partial charge in [0, 0.05) is 13.1 Å². The van der Waals surface area contributed by atoms with Crippen LogP contribution in [0.25, 0.3) is 0 Å². The highest BCUT2D eigenvalue weighted by Gasteiger charge is 2.35. The third kappa shape index (κ3) is 1.91. The second-order valence-corrected chi connectivity index (χ2v) is 7.19. The molecule has 0 saturated carbocycles. The summed E-state index contributed by atoms with van der Waals surface area (Å²) in [6.07, 6.45) is 0.979. The second kappa shape index (κ2) is 4.24. The predicted octanol–water partition coefficient (Wildman–Crippen LogP) is 1.12. The number of nitrogens with one attached hydrogen (secondary N) is 1. The van der Waals surface area contributed by atoms with Gasteiger partial charge in [-0.2, -0.15) is 0 Å². The molecule has 0 aromatic heterocycles. The number of benzene rings is 1. The molecule has 1 atom stereocenters. The fourth-order valence-corrected chi connectivity index (χ4v) is 4.83. The van der Waals surface area contributed by atoms with E-state index in [1.165, 1.54) is 5.56 Å². The van der Waals surface area contributed by atoms with E-state index in [0.717, 1.165) is 30.8 Å². The number of hydrogen-bond acceptors (Lipinski definition) is 3. The Labute approximate surface area is 108 Å². The van der Waals surface area contributed by atoms with Crippen LogP contribution in [0.5, 0.6) is 0 Å². The van der Waals surface area contributed by atoms with Crippen LogP contribution in [-0.2, 0) is 23.0 Å². The van der Waals surface area contributed by atoms with Gasteiger partial charge < -0.3 is 5.32 Å². The van der Waals surface area contributed by atoms with E-state index in [1.54, 1.807) is 4.31 Å². The Morgan fingerprint density at radius 2 is 2.22 bits per heavy atom. The molecule has 3 rings (SSSR count). The molecular formula is C13H18N2O2S. The lowest BCUT2D eigenvalue weighted by atomic mass is 9.99. The molecule has 0 bridgehead atoms. The molecule has 2 heterocycles. The summed E-state index contributed by atoms with van der Waals surface area (Å²) >= 11 is 0. The molecule has 1 N–H and O–H groups in total. The monoisotopic (exact) mass is 266 g/mol. The summed E-state index contributed by atoms with van der Waals surface area (Å²) < 4.78 is 25.9. The lowest BCUT2D eigenvalue weighted by Gasteiger charge is -2.25. The van der Waals surface area contributed by atoms with Crippen molar-refractivity contribution in [3.8, 4) is 0 Å². The molecule has 0 radical (unpaired) electrons. The topological polar surface area (TPSA) is 49.4 Å². The van der Waals surface area contributed by atoms with Gasteiger partial charge in [-0.3, -0.25) is 4.31 Å². The van der Waals surface area contributed by atoms with E-state index >= 15 is 0 Å². The normalized spacial score (nSPS) is 26.1. The number of nitrogens with zero attached hydrogens (tertiary/aromatic N) is 1. The number of sulfonamides is 1. The van der Waals surface area contributed by atoms with Gasteiger partial charge in [0.15, 0.2) is 0 Å². The van der Waals surface area contributed by atoms with Crippen LogP contribution in [0.4, 0.5) is 5.69 Å². The lowest BCUT2D eigenvalue weighted by Crippen LogP contribution is -2.30. The first-order chi connectivity index (χ1) is 8.58. The molecule has 5 heteroatoms. The number of rotatable bonds is 1. The molecule has 2 aliphatic rings. The maximum absolute atomic E-state index is 12.2. The van der Waals surface area contributed by atoms with Crippen molar-refractivity contribution in [1.82, 2.24) is 5.32 Å². The lowest BCUT2D eigenvalue weighted by molar-refractivity contribution is 0.597. The van der Waals surface area contributed by atoms with Gasteiger partial charge in [-0.15, -0.1) is 0 Å².